The molecule has 0 saturated heterocycles. The minimum atomic E-state index is -0.199. The summed E-state index contributed by atoms with van der Waals surface area (Å²) in [6.45, 7) is 1.96. The SMILES string of the molecule is COc1ccc(C(=O)c2ccc(C)cc2)c(O)c1.[Na]. The van der Waals surface area contributed by atoms with Gasteiger partial charge in [0.15, 0.2) is 5.78 Å². The Kier molecular flexibility index (Phi) is 5.60. The van der Waals surface area contributed by atoms with E-state index in [1.54, 1.807) is 24.3 Å². The molecule has 2 aromatic carbocycles. The van der Waals surface area contributed by atoms with Crippen LogP contribution in [0.4, 0.5) is 0 Å². The van der Waals surface area contributed by atoms with Gasteiger partial charge in [-0.3, -0.25) is 4.79 Å². The molecule has 4 heteroatoms. The van der Waals surface area contributed by atoms with Gasteiger partial charge in [0.1, 0.15) is 11.5 Å². The molecule has 0 spiro atoms. The van der Waals surface area contributed by atoms with Gasteiger partial charge in [0.2, 0.25) is 0 Å². The number of benzene rings is 2. The fourth-order valence-corrected chi connectivity index (χ4v) is 1.69. The van der Waals surface area contributed by atoms with Crippen molar-refractivity contribution in [2.75, 3.05) is 7.11 Å². The first-order chi connectivity index (χ1) is 8.61. The van der Waals surface area contributed by atoms with Crippen LogP contribution in [-0.2, 0) is 0 Å². The zero-order chi connectivity index (χ0) is 13.1. The van der Waals surface area contributed by atoms with E-state index in [1.807, 2.05) is 19.1 Å². The van der Waals surface area contributed by atoms with Crippen molar-refractivity contribution in [3.63, 3.8) is 0 Å². The summed E-state index contributed by atoms with van der Waals surface area (Å²) in [5.41, 5.74) is 1.92. The average molecular weight is 265 g/mol. The second kappa shape index (κ2) is 6.75. The van der Waals surface area contributed by atoms with E-state index in [9.17, 15) is 9.90 Å². The molecule has 0 fully saturated rings. The Bertz CT molecular complexity index is 576. The summed E-state index contributed by atoms with van der Waals surface area (Å²) < 4.78 is 4.98. The largest absolute Gasteiger partial charge is 0.507 e. The van der Waals surface area contributed by atoms with Crippen LogP contribution >= 0.6 is 0 Å². The number of phenolic OH excluding ortho intramolecular Hbond substituents is 1. The van der Waals surface area contributed by atoms with E-state index < -0.39 is 0 Å². The maximum Gasteiger partial charge on any atom is 0.196 e. The number of rotatable bonds is 3. The predicted octanol–water partition coefficient (Wildman–Crippen LogP) is 2.56. The molecule has 0 heterocycles. The average Bonchev–Trinajstić information content (AvgIpc) is 2.38. The van der Waals surface area contributed by atoms with Gasteiger partial charge in [-0.2, -0.15) is 0 Å². The minimum absolute atomic E-state index is 0. The number of aryl methyl sites for hydroxylation is 1. The normalized spacial score (nSPS) is 9.58. The van der Waals surface area contributed by atoms with Crippen LogP contribution in [0.2, 0.25) is 0 Å². The third-order valence-electron chi connectivity index (χ3n) is 2.76. The second-order valence-electron chi connectivity index (χ2n) is 4.08. The molecule has 0 bridgehead atoms. The van der Waals surface area contributed by atoms with E-state index >= 15 is 0 Å². The van der Waals surface area contributed by atoms with Gasteiger partial charge in [-0.15, -0.1) is 0 Å². The van der Waals surface area contributed by atoms with Crippen molar-refractivity contribution >= 4 is 35.3 Å². The van der Waals surface area contributed by atoms with Crippen molar-refractivity contribution in [1.29, 1.82) is 0 Å². The molecule has 0 amide bonds. The van der Waals surface area contributed by atoms with Crippen LogP contribution in [0.5, 0.6) is 11.5 Å². The molecule has 0 unspecified atom stereocenters. The number of hydrogen-bond acceptors (Lipinski definition) is 3. The molecule has 0 aliphatic carbocycles. The molecular weight excluding hydrogens is 251 g/mol. The van der Waals surface area contributed by atoms with Crippen LogP contribution in [-0.4, -0.2) is 47.6 Å². The van der Waals surface area contributed by atoms with Gasteiger partial charge in [-0.1, -0.05) is 29.8 Å². The first-order valence-electron chi connectivity index (χ1n) is 5.60. The quantitative estimate of drug-likeness (QED) is 0.685. The third kappa shape index (κ3) is 3.60. The summed E-state index contributed by atoms with van der Waals surface area (Å²) in [6, 6.07) is 11.9. The van der Waals surface area contributed by atoms with Gasteiger partial charge in [-0.25, -0.2) is 0 Å². The molecule has 3 nitrogen and oxygen atoms in total. The number of carbonyl (C=O) groups excluding carboxylic acids is 1. The monoisotopic (exact) mass is 265 g/mol. The molecule has 93 valence electrons. The number of methoxy groups -OCH3 is 1. The molecule has 0 aliphatic rings. The van der Waals surface area contributed by atoms with E-state index in [0.717, 1.165) is 5.56 Å². The maximum atomic E-state index is 12.2. The van der Waals surface area contributed by atoms with Crippen LogP contribution in [0.1, 0.15) is 21.5 Å². The van der Waals surface area contributed by atoms with Gasteiger partial charge in [-0.05, 0) is 19.1 Å². The molecule has 2 rings (SSSR count). The summed E-state index contributed by atoms with van der Waals surface area (Å²) >= 11 is 0. The Labute approximate surface area is 134 Å². The number of carbonyl (C=O) groups is 1. The Balaban J connectivity index is 0.00000180. The zero-order valence-corrected chi connectivity index (χ0v) is 13.3. The number of phenols is 1. The first kappa shape index (κ1) is 15.8. The van der Waals surface area contributed by atoms with E-state index in [2.05, 4.69) is 0 Å². The van der Waals surface area contributed by atoms with Gasteiger partial charge in [0, 0.05) is 41.2 Å². The third-order valence-corrected chi connectivity index (χ3v) is 2.76. The maximum absolute atomic E-state index is 12.2. The number of hydrogen-bond donors (Lipinski definition) is 1. The molecule has 0 aromatic heterocycles. The Morgan fingerprint density at radius 2 is 1.74 bits per heavy atom. The molecule has 19 heavy (non-hydrogen) atoms. The number of aromatic hydroxyl groups is 1. The molecular formula is C15H14NaO3. The standard InChI is InChI=1S/C15H14O3.Na/c1-10-3-5-11(6-4-10)15(17)13-8-7-12(18-2)9-14(13)16;/h3-9,16H,1-2H3;. The van der Waals surface area contributed by atoms with E-state index in [4.69, 9.17) is 4.74 Å². The number of ketones is 1. The summed E-state index contributed by atoms with van der Waals surface area (Å²) in [6.07, 6.45) is 0. The van der Waals surface area contributed by atoms with Crippen LogP contribution in [0.15, 0.2) is 42.5 Å². The van der Waals surface area contributed by atoms with Crippen LogP contribution in [0.3, 0.4) is 0 Å². The van der Waals surface area contributed by atoms with Crippen LogP contribution in [0, 0.1) is 6.92 Å². The predicted molar refractivity (Wildman–Crippen MR) is 75.0 cm³/mol. The van der Waals surface area contributed by atoms with Crippen molar-refractivity contribution in [3.8, 4) is 11.5 Å². The van der Waals surface area contributed by atoms with E-state index in [-0.39, 0.29) is 46.7 Å². The van der Waals surface area contributed by atoms with Crippen molar-refractivity contribution in [1.82, 2.24) is 0 Å². The Morgan fingerprint density at radius 1 is 1.11 bits per heavy atom. The minimum Gasteiger partial charge on any atom is -0.507 e. The Hall–Kier alpha value is -1.29. The van der Waals surface area contributed by atoms with Gasteiger partial charge < -0.3 is 9.84 Å². The van der Waals surface area contributed by atoms with Crippen LogP contribution < -0.4 is 4.74 Å². The smallest absolute Gasteiger partial charge is 0.196 e. The zero-order valence-electron chi connectivity index (χ0n) is 11.3. The van der Waals surface area contributed by atoms with Gasteiger partial charge in [0.05, 0.1) is 12.7 Å². The molecule has 2 aromatic rings. The molecule has 1 radical (unpaired) electrons. The molecule has 1 N–H and O–H groups in total. The van der Waals surface area contributed by atoms with E-state index in [0.29, 0.717) is 11.3 Å². The summed E-state index contributed by atoms with van der Waals surface area (Å²) in [7, 11) is 1.51. The van der Waals surface area contributed by atoms with Crippen molar-refractivity contribution < 1.29 is 14.6 Å². The molecule has 0 saturated carbocycles. The van der Waals surface area contributed by atoms with Gasteiger partial charge in [0.25, 0.3) is 0 Å². The van der Waals surface area contributed by atoms with Crippen LogP contribution in [0.25, 0.3) is 0 Å². The van der Waals surface area contributed by atoms with Crippen molar-refractivity contribution in [2.24, 2.45) is 0 Å². The topological polar surface area (TPSA) is 46.5 Å². The van der Waals surface area contributed by atoms with Crippen molar-refractivity contribution in [3.05, 3.63) is 59.2 Å². The summed E-state index contributed by atoms with van der Waals surface area (Å²) in [5.74, 6) is 0.253. The first-order valence-corrected chi connectivity index (χ1v) is 5.60. The summed E-state index contributed by atoms with van der Waals surface area (Å²) in [5, 5.41) is 9.81. The fraction of sp³-hybridized carbons (Fsp3) is 0.133. The number of ether oxygens (including phenoxy) is 1. The van der Waals surface area contributed by atoms with Crippen molar-refractivity contribution in [2.45, 2.75) is 6.92 Å². The van der Waals surface area contributed by atoms with E-state index in [1.165, 1.54) is 13.2 Å². The van der Waals surface area contributed by atoms with Gasteiger partial charge >= 0.3 is 0 Å². The summed E-state index contributed by atoms with van der Waals surface area (Å²) in [4.78, 5) is 12.2. The molecule has 0 atom stereocenters. The molecule has 0 aliphatic heterocycles. The second-order valence-corrected chi connectivity index (χ2v) is 4.08. The fourth-order valence-electron chi connectivity index (χ4n) is 1.69. The Morgan fingerprint density at radius 3 is 2.26 bits per heavy atom.